The number of amides is 2. The van der Waals surface area contributed by atoms with E-state index in [-0.39, 0.29) is 6.03 Å². The fraction of sp³-hybridized carbons (Fsp3) is 0.632. The predicted octanol–water partition coefficient (Wildman–Crippen LogP) is 6.42. The number of halogens is 1. The van der Waals surface area contributed by atoms with Crippen LogP contribution in [0.15, 0.2) is 28.7 Å². The third-order valence-corrected chi connectivity index (χ3v) is 4.40. The second kappa shape index (κ2) is 14.3. The molecule has 0 spiro atoms. The normalized spacial score (nSPS) is 10.6. The van der Waals surface area contributed by atoms with Crippen molar-refractivity contribution in [3.63, 3.8) is 0 Å². The number of carbonyl (C=O) groups is 1. The molecule has 5 heteroatoms. The molecule has 2 N–H and O–H groups in total. The van der Waals surface area contributed by atoms with Crippen LogP contribution in [0, 0.1) is 0 Å². The highest BCUT2D eigenvalue weighted by Gasteiger charge is 2.01. The van der Waals surface area contributed by atoms with Gasteiger partial charge in [-0.1, -0.05) is 80.6 Å². The van der Waals surface area contributed by atoms with Crippen LogP contribution in [-0.4, -0.2) is 12.6 Å². The van der Waals surface area contributed by atoms with Crippen molar-refractivity contribution < 1.29 is 9.63 Å². The van der Waals surface area contributed by atoms with Gasteiger partial charge < -0.3 is 5.32 Å². The van der Waals surface area contributed by atoms with Crippen LogP contribution in [0.3, 0.4) is 0 Å². The van der Waals surface area contributed by atoms with Crippen molar-refractivity contribution in [2.24, 2.45) is 0 Å². The van der Waals surface area contributed by atoms with E-state index in [0.717, 1.165) is 23.0 Å². The first kappa shape index (κ1) is 21.0. The van der Waals surface area contributed by atoms with Crippen molar-refractivity contribution in [3.05, 3.63) is 28.7 Å². The zero-order valence-electron chi connectivity index (χ0n) is 14.8. The van der Waals surface area contributed by atoms with Gasteiger partial charge in [0.15, 0.2) is 0 Å². The van der Waals surface area contributed by atoms with E-state index in [1.54, 1.807) is 0 Å². The molecule has 0 radical (unpaired) electrons. The minimum atomic E-state index is -0.343. The quantitative estimate of drug-likeness (QED) is 0.297. The van der Waals surface area contributed by atoms with Gasteiger partial charge in [-0.2, -0.15) is 0 Å². The van der Waals surface area contributed by atoms with E-state index in [2.05, 4.69) is 33.7 Å². The summed E-state index contributed by atoms with van der Waals surface area (Å²) in [5, 5.41) is 2.71. The Bertz CT molecular complexity index is 437. The monoisotopic (exact) mass is 398 g/mol. The van der Waals surface area contributed by atoms with Crippen molar-refractivity contribution in [2.45, 2.75) is 71.1 Å². The van der Waals surface area contributed by atoms with Gasteiger partial charge in [0.1, 0.15) is 0 Å². The molecule has 0 aliphatic carbocycles. The number of unbranched alkanes of at least 4 members (excludes halogenated alkanes) is 9. The van der Waals surface area contributed by atoms with E-state index in [4.69, 9.17) is 4.84 Å². The highest BCUT2D eigenvalue weighted by Crippen LogP contribution is 2.14. The summed E-state index contributed by atoms with van der Waals surface area (Å²) < 4.78 is 0.977. The maximum absolute atomic E-state index is 11.6. The topological polar surface area (TPSA) is 50.4 Å². The molecule has 0 saturated carbocycles. The first-order chi connectivity index (χ1) is 11.7. The van der Waals surface area contributed by atoms with Crippen LogP contribution >= 0.6 is 15.9 Å². The summed E-state index contributed by atoms with van der Waals surface area (Å²) in [5.41, 5.74) is 3.15. The Labute approximate surface area is 154 Å². The van der Waals surface area contributed by atoms with Gasteiger partial charge in [0.2, 0.25) is 0 Å². The molecule has 0 fully saturated rings. The highest BCUT2D eigenvalue weighted by atomic mass is 79.9. The molecule has 0 aliphatic rings. The molecule has 0 aliphatic heterocycles. The summed E-state index contributed by atoms with van der Waals surface area (Å²) in [5.74, 6) is 0. The maximum atomic E-state index is 11.6. The van der Waals surface area contributed by atoms with Crippen molar-refractivity contribution in [3.8, 4) is 0 Å². The molecule has 4 nitrogen and oxygen atoms in total. The molecule has 1 aromatic rings. The largest absolute Gasteiger partial charge is 0.343 e. The third kappa shape index (κ3) is 11.5. The maximum Gasteiger partial charge on any atom is 0.343 e. The van der Waals surface area contributed by atoms with Crippen molar-refractivity contribution in [1.29, 1.82) is 0 Å². The van der Waals surface area contributed by atoms with Crippen LogP contribution < -0.4 is 10.8 Å². The fourth-order valence-corrected chi connectivity index (χ4v) is 2.73. The van der Waals surface area contributed by atoms with E-state index in [1.165, 1.54) is 51.4 Å². The molecule has 0 bridgehead atoms. The first-order valence-corrected chi connectivity index (χ1v) is 9.96. The minimum Gasteiger partial charge on any atom is -0.306 e. The van der Waals surface area contributed by atoms with Gasteiger partial charge in [-0.3, -0.25) is 4.84 Å². The van der Waals surface area contributed by atoms with E-state index in [9.17, 15) is 4.79 Å². The number of hydrogen-bond acceptors (Lipinski definition) is 2. The Hall–Kier alpha value is -1.07. The molecular weight excluding hydrogens is 368 g/mol. The lowest BCUT2D eigenvalue weighted by Crippen LogP contribution is -2.29. The molecule has 0 aromatic heterocycles. The second-order valence-corrected chi connectivity index (χ2v) is 7.01. The van der Waals surface area contributed by atoms with Crippen LogP contribution in [0.4, 0.5) is 10.5 Å². The molecule has 0 atom stereocenters. The summed E-state index contributed by atoms with van der Waals surface area (Å²) in [6.45, 7) is 2.81. The molecule has 1 aromatic carbocycles. The molecule has 0 heterocycles. The average molecular weight is 399 g/mol. The lowest BCUT2D eigenvalue weighted by Gasteiger charge is -2.08. The molecule has 0 saturated heterocycles. The minimum absolute atomic E-state index is 0.343. The van der Waals surface area contributed by atoms with Gasteiger partial charge in [-0.15, -0.1) is 0 Å². The second-order valence-electron chi connectivity index (χ2n) is 6.09. The lowest BCUT2D eigenvalue weighted by atomic mass is 10.1. The standard InChI is InChI=1S/C19H31BrN2O2/c1-2-3-4-5-6-7-8-9-10-11-16-24-22-19(23)21-18-14-12-17(20)13-15-18/h12-15H,2-11,16H2,1H3,(H2,21,22,23). The Morgan fingerprint density at radius 2 is 1.46 bits per heavy atom. The number of anilines is 1. The van der Waals surface area contributed by atoms with Crippen molar-refractivity contribution in [1.82, 2.24) is 5.48 Å². The molecular formula is C19H31BrN2O2. The van der Waals surface area contributed by atoms with Crippen LogP contribution in [-0.2, 0) is 4.84 Å². The zero-order chi connectivity index (χ0) is 17.5. The van der Waals surface area contributed by atoms with Crippen LogP contribution in [0.25, 0.3) is 0 Å². The lowest BCUT2D eigenvalue weighted by molar-refractivity contribution is 0.0631. The summed E-state index contributed by atoms with van der Waals surface area (Å²) in [6, 6.07) is 7.06. The third-order valence-electron chi connectivity index (χ3n) is 3.87. The number of rotatable bonds is 13. The fourth-order valence-electron chi connectivity index (χ4n) is 2.47. The summed E-state index contributed by atoms with van der Waals surface area (Å²) >= 11 is 3.35. The predicted molar refractivity (Wildman–Crippen MR) is 104 cm³/mol. The molecule has 0 unspecified atom stereocenters. The van der Waals surface area contributed by atoms with Crippen LogP contribution in [0.5, 0.6) is 0 Å². The molecule has 24 heavy (non-hydrogen) atoms. The number of hydrogen-bond donors (Lipinski definition) is 2. The Balaban J connectivity index is 1.87. The Kier molecular flexibility index (Phi) is 12.5. The van der Waals surface area contributed by atoms with Gasteiger partial charge in [0.25, 0.3) is 0 Å². The molecule has 136 valence electrons. The Morgan fingerprint density at radius 1 is 0.917 bits per heavy atom. The zero-order valence-corrected chi connectivity index (χ0v) is 16.4. The van der Waals surface area contributed by atoms with E-state index < -0.39 is 0 Å². The van der Waals surface area contributed by atoms with E-state index >= 15 is 0 Å². The van der Waals surface area contributed by atoms with Crippen LogP contribution in [0.2, 0.25) is 0 Å². The number of urea groups is 1. The number of nitrogens with one attached hydrogen (secondary N) is 2. The van der Waals surface area contributed by atoms with E-state index in [0.29, 0.717) is 6.61 Å². The number of hydroxylamine groups is 1. The smallest absolute Gasteiger partial charge is 0.306 e. The van der Waals surface area contributed by atoms with Crippen molar-refractivity contribution >= 4 is 27.6 Å². The summed E-state index contributed by atoms with van der Waals surface area (Å²) in [4.78, 5) is 16.8. The summed E-state index contributed by atoms with van der Waals surface area (Å²) in [6.07, 6.45) is 12.9. The first-order valence-electron chi connectivity index (χ1n) is 9.16. The van der Waals surface area contributed by atoms with Crippen molar-refractivity contribution in [2.75, 3.05) is 11.9 Å². The molecule has 1 rings (SSSR count). The number of carbonyl (C=O) groups excluding carboxylic acids is 1. The van der Waals surface area contributed by atoms with E-state index in [1.807, 2.05) is 24.3 Å². The van der Waals surface area contributed by atoms with Gasteiger partial charge in [0, 0.05) is 10.2 Å². The van der Waals surface area contributed by atoms with Gasteiger partial charge >= 0.3 is 6.03 Å². The van der Waals surface area contributed by atoms with Gasteiger partial charge in [-0.25, -0.2) is 10.3 Å². The van der Waals surface area contributed by atoms with Crippen LogP contribution in [0.1, 0.15) is 71.1 Å². The van der Waals surface area contributed by atoms with Gasteiger partial charge in [-0.05, 0) is 30.7 Å². The average Bonchev–Trinajstić information content (AvgIpc) is 2.58. The van der Waals surface area contributed by atoms with Gasteiger partial charge in [0.05, 0.1) is 6.61 Å². The summed E-state index contributed by atoms with van der Waals surface area (Å²) in [7, 11) is 0. The highest BCUT2D eigenvalue weighted by molar-refractivity contribution is 9.10. The SMILES string of the molecule is CCCCCCCCCCCCONC(=O)Nc1ccc(Br)cc1. The number of benzene rings is 1. The molecule has 2 amide bonds. The Morgan fingerprint density at radius 3 is 2.04 bits per heavy atom.